The lowest BCUT2D eigenvalue weighted by molar-refractivity contribution is -0.144. The summed E-state index contributed by atoms with van der Waals surface area (Å²) in [5, 5.41) is 0. The zero-order valence-corrected chi connectivity index (χ0v) is 8.25. The quantitative estimate of drug-likeness (QED) is 0.629. The number of rotatable bonds is 4. The van der Waals surface area contributed by atoms with Gasteiger partial charge in [0, 0.05) is 13.0 Å². The molecule has 0 aromatic carbocycles. The molecule has 3 nitrogen and oxygen atoms in total. The molecular weight excluding hydrogens is 168 g/mol. The lowest BCUT2D eigenvalue weighted by atomic mass is 10.1. The van der Waals surface area contributed by atoms with Crippen molar-refractivity contribution in [1.29, 1.82) is 0 Å². The molecule has 0 aromatic heterocycles. The van der Waals surface area contributed by atoms with Crippen LogP contribution in [0.5, 0.6) is 0 Å². The average molecular weight is 186 g/mol. The van der Waals surface area contributed by atoms with Crippen molar-refractivity contribution in [1.82, 2.24) is 0 Å². The SMILES string of the molecule is CCOC(=O)CC[C@H]1CCCCO1. The minimum absolute atomic E-state index is 0.100. The van der Waals surface area contributed by atoms with E-state index in [0.717, 1.165) is 25.9 Å². The van der Waals surface area contributed by atoms with Crippen LogP contribution in [-0.4, -0.2) is 25.3 Å². The summed E-state index contributed by atoms with van der Waals surface area (Å²) in [4.78, 5) is 11.0. The Morgan fingerprint density at radius 3 is 3.00 bits per heavy atom. The van der Waals surface area contributed by atoms with Gasteiger partial charge >= 0.3 is 5.97 Å². The summed E-state index contributed by atoms with van der Waals surface area (Å²) in [6, 6.07) is 0. The summed E-state index contributed by atoms with van der Waals surface area (Å²) in [7, 11) is 0. The summed E-state index contributed by atoms with van der Waals surface area (Å²) in [5.41, 5.74) is 0. The molecule has 0 N–H and O–H groups in total. The molecule has 0 spiro atoms. The van der Waals surface area contributed by atoms with E-state index in [2.05, 4.69) is 0 Å². The van der Waals surface area contributed by atoms with E-state index >= 15 is 0 Å². The molecule has 13 heavy (non-hydrogen) atoms. The van der Waals surface area contributed by atoms with E-state index in [4.69, 9.17) is 9.47 Å². The van der Waals surface area contributed by atoms with Gasteiger partial charge in [0.15, 0.2) is 0 Å². The molecule has 1 atom stereocenters. The monoisotopic (exact) mass is 186 g/mol. The van der Waals surface area contributed by atoms with E-state index in [1.807, 2.05) is 6.92 Å². The first kappa shape index (κ1) is 10.5. The summed E-state index contributed by atoms with van der Waals surface area (Å²) < 4.78 is 10.3. The predicted octanol–water partition coefficient (Wildman–Crippen LogP) is 1.90. The van der Waals surface area contributed by atoms with Gasteiger partial charge in [-0.25, -0.2) is 0 Å². The van der Waals surface area contributed by atoms with Gasteiger partial charge in [0.05, 0.1) is 12.7 Å². The molecule has 0 saturated carbocycles. The summed E-state index contributed by atoms with van der Waals surface area (Å²) >= 11 is 0. The Labute approximate surface area is 79.4 Å². The molecule has 0 unspecified atom stereocenters. The van der Waals surface area contributed by atoms with Crippen molar-refractivity contribution in [2.24, 2.45) is 0 Å². The largest absolute Gasteiger partial charge is 0.466 e. The second-order valence-corrected chi connectivity index (χ2v) is 3.33. The molecule has 1 rings (SSSR count). The van der Waals surface area contributed by atoms with Crippen molar-refractivity contribution < 1.29 is 14.3 Å². The number of carbonyl (C=O) groups is 1. The first-order valence-electron chi connectivity index (χ1n) is 5.10. The molecule has 0 aliphatic carbocycles. The van der Waals surface area contributed by atoms with Crippen molar-refractivity contribution in [3.63, 3.8) is 0 Å². The summed E-state index contributed by atoms with van der Waals surface area (Å²) in [5.74, 6) is -0.100. The molecule has 1 saturated heterocycles. The van der Waals surface area contributed by atoms with E-state index in [1.165, 1.54) is 6.42 Å². The normalized spacial score (nSPS) is 22.7. The molecule has 0 bridgehead atoms. The number of carbonyl (C=O) groups excluding carboxylic acids is 1. The fourth-order valence-corrected chi connectivity index (χ4v) is 1.55. The molecule has 1 aliphatic rings. The molecule has 1 aliphatic heterocycles. The molecular formula is C10H18O3. The maximum Gasteiger partial charge on any atom is 0.305 e. The predicted molar refractivity (Wildman–Crippen MR) is 49.5 cm³/mol. The van der Waals surface area contributed by atoms with Crippen molar-refractivity contribution in [2.75, 3.05) is 13.2 Å². The number of hydrogen-bond donors (Lipinski definition) is 0. The Balaban J connectivity index is 2.06. The highest BCUT2D eigenvalue weighted by Crippen LogP contribution is 2.16. The minimum Gasteiger partial charge on any atom is -0.466 e. The van der Waals surface area contributed by atoms with Gasteiger partial charge in [0.25, 0.3) is 0 Å². The van der Waals surface area contributed by atoms with E-state index in [1.54, 1.807) is 0 Å². The van der Waals surface area contributed by atoms with E-state index in [9.17, 15) is 4.79 Å². The Morgan fingerprint density at radius 1 is 1.54 bits per heavy atom. The van der Waals surface area contributed by atoms with Crippen LogP contribution < -0.4 is 0 Å². The van der Waals surface area contributed by atoms with Crippen LogP contribution in [0.2, 0.25) is 0 Å². The maximum absolute atomic E-state index is 11.0. The second kappa shape index (κ2) is 5.97. The van der Waals surface area contributed by atoms with Crippen molar-refractivity contribution in [3.05, 3.63) is 0 Å². The Kier molecular flexibility index (Phi) is 4.83. The van der Waals surface area contributed by atoms with Gasteiger partial charge in [0.2, 0.25) is 0 Å². The van der Waals surface area contributed by atoms with Gasteiger partial charge in [-0.2, -0.15) is 0 Å². The van der Waals surface area contributed by atoms with Gasteiger partial charge in [-0.1, -0.05) is 0 Å². The molecule has 0 aromatic rings. The number of ether oxygens (including phenoxy) is 2. The molecule has 1 fully saturated rings. The highest BCUT2D eigenvalue weighted by atomic mass is 16.5. The highest BCUT2D eigenvalue weighted by molar-refractivity contribution is 5.69. The standard InChI is InChI=1S/C10H18O3/c1-2-12-10(11)7-6-9-5-3-4-8-13-9/h9H,2-8H2,1H3/t9-/m1/s1. The van der Waals surface area contributed by atoms with Crippen LogP contribution in [0.4, 0.5) is 0 Å². The third kappa shape index (κ3) is 4.27. The lowest BCUT2D eigenvalue weighted by Gasteiger charge is -2.21. The van der Waals surface area contributed by atoms with Crippen LogP contribution in [0.25, 0.3) is 0 Å². The first-order valence-corrected chi connectivity index (χ1v) is 5.10. The van der Waals surface area contributed by atoms with Crippen molar-refractivity contribution >= 4 is 5.97 Å². The highest BCUT2D eigenvalue weighted by Gasteiger charge is 2.15. The van der Waals surface area contributed by atoms with Crippen LogP contribution >= 0.6 is 0 Å². The van der Waals surface area contributed by atoms with Gasteiger partial charge in [-0.05, 0) is 32.6 Å². The lowest BCUT2D eigenvalue weighted by Crippen LogP contribution is -2.20. The van der Waals surface area contributed by atoms with Gasteiger partial charge in [-0.3, -0.25) is 4.79 Å². The fraction of sp³-hybridized carbons (Fsp3) is 0.900. The average Bonchev–Trinajstić information content (AvgIpc) is 2.17. The van der Waals surface area contributed by atoms with E-state index < -0.39 is 0 Å². The second-order valence-electron chi connectivity index (χ2n) is 3.33. The van der Waals surface area contributed by atoms with E-state index in [0.29, 0.717) is 13.0 Å². The molecule has 76 valence electrons. The number of esters is 1. The maximum atomic E-state index is 11.0. The minimum atomic E-state index is -0.100. The van der Waals surface area contributed by atoms with Crippen molar-refractivity contribution in [3.8, 4) is 0 Å². The fourth-order valence-electron chi connectivity index (χ4n) is 1.55. The van der Waals surface area contributed by atoms with Gasteiger partial charge < -0.3 is 9.47 Å². The Morgan fingerprint density at radius 2 is 2.38 bits per heavy atom. The van der Waals surface area contributed by atoms with Gasteiger partial charge in [0.1, 0.15) is 0 Å². The molecule has 3 heteroatoms. The number of hydrogen-bond acceptors (Lipinski definition) is 3. The Hall–Kier alpha value is -0.570. The van der Waals surface area contributed by atoms with Gasteiger partial charge in [-0.15, -0.1) is 0 Å². The Bertz CT molecular complexity index is 150. The molecule has 0 amide bonds. The molecule has 0 radical (unpaired) electrons. The summed E-state index contributed by atoms with van der Waals surface area (Å²) in [6.07, 6.45) is 5.10. The van der Waals surface area contributed by atoms with Crippen LogP contribution in [0.3, 0.4) is 0 Å². The van der Waals surface area contributed by atoms with Crippen LogP contribution in [-0.2, 0) is 14.3 Å². The van der Waals surface area contributed by atoms with Crippen LogP contribution in [0, 0.1) is 0 Å². The third-order valence-electron chi connectivity index (χ3n) is 2.25. The van der Waals surface area contributed by atoms with Crippen LogP contribution in [0.15, 0.2) is 0 Å². The molecule has 1 heterocycles. The smallest absolute Gasteiger partial charge is 0.305 e. The zero-order valence-electron chi connectivity index (χ0n) is 8.25. The van der Waals surface area contributed by atoms with E-state index in [-0.39, 0.29) is 12.1 Å². The topological polar surface area (TPSA) is 35.5 Å². The van der Waals surface area contributed by atoms with Crippen molar-refractivity contribution in [2.45, 2.75) is 45.1 Å². The third-order valence-corrected chi connectivity index (χ3v) is 2.25. The zero-order chi connectivity index (χ0) is 9.52. The first-order chi connectivity index (χ1) is 6.33. The van der Waals surface area contributed by atoms with Crippen LogP contribution in [0.1, 0.15) is 39.0 Å². The summed E-state index contributed by atoms with van der Waals surface area (Å²) in [6.45, 7) is 3.16.